The largest absolute Gasteiger partial charge is 0.480 e. The Balaban J connectivity index is 1.75. The molecule has 1 saturated carbocycles. The fourth-order valence-corrected chi connectivity index (χ4v) is 3.22. The topological polar surface area (TPSA) is 79.3 Å². The molecule has 1 amide bonds. The van der Waals surface area contributed by atoms with E-state index in [1.165, 1.54) is 11.3 Å². The van der Waals surface area contributed by atoms with Gasteiger partial charge in [0.25, 0.3) is 5.91 Å². The van der Waals surface area contributed by atoms with Crippen molar-refractivity contribution in [2.75, 3.05) is 0 Å². The average Bonchev–Trinajstić information content (AvgIpc) is 3.25. The average molecular weight is 330 g/mol. The Hall–Kier alpha value is -2.21. The summed E-state index contributed by atoms with van der Waals surface area (Å²) in [6.45, 7) is 1.92. The maximum atomic E-state index is 12.4. The van der Waals surface area contributed by atoms with Crippen LogP contribution in [0.25, 0.3) is 10.6 Å². The number of aryl methyl sites for hydroxylation is 1. The van der Waals surface area contributed by atoms with Crippen LogP contribution in [0.3, 0.4) is 0 Å². The Morgan fingerprint density at radius 3 is 2.83 bits per heavy atom. The highest BCUT2D eigenvalue weighted by molar-refractivity contribution is 7.13. The molecule has 23 heavy (non-hydrogen) atoms. The zero-order chi connectivity index (χ0) is 16.4. The summed E-state index contributed by atoms with van der Waals surface area (Å²) in [5.74, 6) is -0.897. The number of rotatable bonds is 6. The minimum absolute atomic E-state index is 0.354. The van der Waals surface area contributed by atoms with Gasteiger partial charge < -0.3 is 10.4 Å². The maximum Gasteiger partial charge on any atom is 0.326 e. The first-order valence-electron chi connectivity index (χ1n) is 7.59. The van der Waals surface area contributed by atoms with Crippen molar-refractivity contribution in [2.24, 2.45) is 5.92 Å². The van der Waals surface area contributed by atoms with Crippen molar-refractivity contribution >= 4 is 23.2 Å². The van der Waals surface area contributed by atoms with Crippen LogP contribution in [-0.4, -0.2) is 28.0 Å². The van der Waals surface area contributed by atoms with E-state index in [2.05, 4.69) is 10.3 Å². The molecular weight excluding hydrogens is 312 g/mol. The predicted molar refractivity (Wildman–Crippen MR) is 88.5 cm³/mol. The fraction of sp³-hybridized carbons (Fsp3) is 0.353. The summed E-state index contributed by atoms with van der Waals surface area (Å²) in [6.07, 6.45) is 2.61. The number of hydrogen-bond donors (Lipinski definition) is 2. The molecule has 1 aliphatic rings. The smallest absolute Gasteiger partial charge is 0.326 e. The van der Waals surface area contributed by atoms with Gasteiger partial charge in [-0.15, -0.1) is 11.3 Å². The first-order valence-corrected chi connectivity index (χ1v) is 8.47. The molecule has 2 N–H and O–H groups in total. The summed E-state index contributed by atoms with van der Waals surface area (Å²) >= 11 is 1.52. The van der Waals surface area contributed by atoms with Crippen LogP contribution >= 0.6 is 11.3 Å². The van der Waals surface area contributed by atoms with Gasteiger partial charge in [0.15, 0.2) is 0 Å². The summed E-state index contributed by atoms with van der Waals surface area (Å²) < 4.78 is 0. The second kappa shape index (κ2) is 6.50. The van der Waals surface area contributed by atoms with Crippen molar-refractivity contribution in [1.82, 2.24) is 10.3 Å². The lowest BCUT2D eigenvalue weighted by Crippen LogP contribution is -2.41. The van der Waals surface area contributed by atoms with Gasteiger partial charge in [-0.1, -0.05) is 25.0 Å². The van der Waals surface area contributed by atoms with Gasteiger partial charge in [-0.3, -0.25) is 4.79 Å². The highest BCUT2D eigenvalue weighted by atomic mass is 32.1. The van der Waals surface area contributed by atoms with Crippen molar-refractivity contribution < 1.29 is 14.7 Å². The molecule has 1 aromatic heterocycles. The molecule has 1 aromatic carbocycles. The Labute approximate surface area is 138 Å². The SMILES string of the molecule is Cc1csc(-c2cccc(C(=O)NC(CC3CC3)C(=O)O)c2)n1. The number of benzene rings is 1. The number of aromatic nitrogens is 1. The number of thiazole rings is 1. The molecule has 120 valence electrons. The molecule has 1 aliphatic carbocycles. The van der Waals surface area contributed by atoms with Gasteiger partial charge >= 0.3 is 5.97 Å². The van der Waals surface area contributed by atoms with Crippen LogP contribution in [0.1, 0.15) is 35.3 Å². The number of amides is 1. The van der Waals surface area contributed by atoms with E-state index in [0.29, 0.717) is 17.9 Å². The number of carbonyl (C=O) groups excluding carboxylic acids is 1. The number of carboxylic acid groups (broad SMARTS) is 1. The third-order valence-electron chi connectivity index (χ3n) is 3.86. The third kappa shape index (κ3) is 3.96. The van der Waals surface area contributed by atoms with Crippen LogP contribution in [0.5, 0.6) is 0 Å². The van der Waals surface area contributed by atoms with Gasteiger partial charge in [-0.2, -0.15) is 0 Å². The molecule has 0 saturated heterocycles. The van der Waals surface area contributed by atoms with Crippen molar-refractivity contribution in [3.05, 3.63) is 40.9 Å². The molecule has 1 atom stereocenters. The van der Waals surface area contributed by atoms with Gasteiger partial charge in [-0.25, -0.2) is 9.78 Å². The number of nitrogens with one attached hydrogen (secondary N) is 1. The lowest BCUT2D eigenvalue weighted by atomic mass is 10.1. The van der Waals surface area contributed by atoms with Crippen LogP contribution in [0.4, 0.5) is 0 Å². The van der Waals surface area contributed by atoms with Gasteiger partial charge in [0.1, 0.15) is 11.0 Å². The molecule has 6 heteroatoms. The Kier molecular flexibility index (Phi) is 4.43. The predicted octanol–water partition coefficient (Wildman–Crippen LogP) is 3.10. The Morgan fingerprint density at radius 2 is 2.22 bits per heavy atom. The van der Waals surface area contributed by atoms with E-state index < -0.39 is 12.0 Å². The molecule has 3 rings (SSSR count). The maximum absolute atomic E-state index is 12.4. The second-order valence-electron chi connectivity index (χ2n) is 5.92. The molecule has 5 nitrogen and oxygen atoms in total. The number of aliphatic carboxylic acids is 1. The lowest BCUT2D eigenvalue weighted by molar-refractivity contribution is -0.139. The number of carbonyl (C=O) groups is 2. The normalized spacial score (nSPS) is 15.2. The van der Waals surface area contributed by atoms with Crippen LogP contribution in [0.2, 0.25) is 0 Å². The zero-order valence-corrected chi connectivity index (χ0v) is 13.6. The van der Waals surface area contributed by atoms with Crippen LogP contribution in [0.15, 0.2) is 29.6 Å². The summed E-state index contributed by atoms with van der Waals surface area (Å²) in [5.41, 5.74) is 2.26. The second-order valence-corrected chi connectivity index (χ2v) is 6.78. The van der Waals surface area contributed by atoms with Crippen molar-refractivity contribution in [3.63, 3.8) is 0 Å². The highest BCUT2D eigenvalue weighted by Crippen LogP contribution is 2.33. The third-order valence-corrected chi connectivity index (χ3v) is 4.87. The Morgan fingerprint density at radius 1 is 1.43 bits per heavy atom. The molecule has 2 aromatic rings. The fourth-order valence-electron chi connectivity index (χ4n) is 2.43. The van der Waals surface area contributed by atoms with Gasteiger partial charge in [0.05, 0.1) is 0 Å². The number of hydrogen-bond acceptors (Lipinski definition) is 4. The van der Waals surface area contributed by atoms with Gasteiger partial charge in [0.2, 0.25) is 0 Å². The van der Waals surface area contributed by atoms with E-state index in [-0.39, 0.29) is 5.91 Å². The monoisotopic (exact) mass is 330 g/mol. The molecule has 0 aliphatic heterocycles. The van der Waals surface area contributed by atoms with Gasteiger partial charge in [-0.05, 0) is 31.4 Å². The minimum Gasteiger partial charge on any atom is -0.480 e. The van der Waals surface area contributed by atoms with Crippen LogP contribution in [-0.2, 0) is 4.79 Å². The van der Waals surface area contributed by atoms with E-state index in [0.717, 1.165) is 29.1 Å². The van der Waals surface area contributed by atoms with Crippen LogP contribution < -0.4 is 5.32 Å². The van der Waals surface area contributed by atoms with E-state index in [9.17, 15) is 14.7 Å². The molecule has 0 radical (unpaired) electrons. The zero-order valence-electron chi connectivity index (χ0n) is 12.8. The quantitative estimate of drug-likeness (QED) is 0.853. The van der Waals surface area contributed by atoms with Gasteiger partial charge in [0, 0.05) is 22.2 Å². The van der Waals surface area contributed by atoms with E-state index in [1.54, 1.807) is 18.2 Å². The van der Waals surface area contributed by atoms with Crippen molar-refractivity contribution in [3.8, 4) is 10.6 Å². The molecule has 1 heterocycles. The van der Waals surface area contributed by atoms with Crippen molar-refractivity contribution in [1.29, 1.82) is 0 Å². The first-order chi connectivity index (χ1) is 11.0. The minimum atomic E-state index is -0.975. The number of nitrogens with zero attached hydrogens (tertiary/aromatic N) is 1. The Bertz CT molecular complexity index is 737. The van der Waals surface area contributed by atoms with Crippen LogP contribution in [0, 0.1) is 12.8 Å². The lowest BCUT2D eigenvalue weighted by Gasteiger charge is -2.14. The van der Waals surface area contributed by atoms with E-state index >= 15 is 0 Å². The molecule has 1 fully saturated rings. The first kappa shape index (κ1) is 15.7. The molecular formula is C17H18N2O3S. The molecule has 0 spiro atoms. The highest BCUT2D eigenvalue weighted by Gasteiger charge is 2.30. The van der Waals surface area contributed by atoms with E-state index in [1.807, 2.05) is 18.4 Å². The molecule has 0 bridgehead atoms. The summed E-state index contributed by atoms with van der Waals surface area (Å²) in [7, 11) is 0. The summed E-state index contributed by atoms with van der Waals surface area (Å²) in [5, 5.41) is 14.7. The summed E-state index contributed by atoms with van der Waals surface area (Å²) in [6, 6.07) is 6.31. The van der Waals surface area contributed by atoms with E-state index in [4.69, 9.17) is 0 Å². The van der Waals surface area contributed by atoms with Crippen molar-refractivity contribution in [2.45, 2.75) is 32.2 Å². The summed E-state index contributed by atoms with van der Waals surface area (Å²) in [4.78, 5) is 28.1. The molecule has 1 unspecified atom stereocenters. The standard InChI is InChI=1S/C17H18N2O3S/c1-10-9-23-16(18-10)13-4-2-3-12(8-13)15(20)19-14(17(21)22)7-11-5-6-11/h2-4,8-9,11,14H,5-7H2,1H3,(H,19,20)(H,21,22). The number of carboxylic acids is 1.